The predicted octanol–water partition coefficient (Wildman–Crippen LogP) is 5.01. The maximum Gasteiger partial charge on any atom is 0.255 e. The molecular formula is C15H19Br2NO. The largest absolute Gasteiger partial charge is 0.336 e. The van der Waals surface area contributed by atoms with E-state index in [-0.39, 0.29) is 5.91 Å². The van der Waals surface area contributed by atoms with Crippen LogP contribution in [0, 0.1) is 0 Å². The van der Waals surface area contributed by atoms with Gasteiger partial charge in [0, 0.05) is 21.5 Å². The van der Waals surface area contributed by atoms with Crippen LogP contribution >= 0.6 is 31.9 Å². The summed E-state index contributed by atoms with van der Waals surface area (Å²) in [5, 5.41) is 0. The van der Waals surface area contributed by atoms with Crippen LogP contribution in [-0.4, -0.2) is 23.4 Å². The van der Waals surface area contributed by atoms with Gasteiger partial charge in [-0.1, -0.05) is 35.7 Å². The molecule has 1 aromatic carbocycles. The summed E-state index contributed by atoms with van der Waals surface area (Å²) in [7, 11) is 0. The Morgan fingerprint density at radius 2 is 2.11 bits per heavy atom. The summed E-state index contributed by atoms with van der Waals surface area (Å²) in [5.74, 6) is 0.155. The number of rotatable bonds is 2. The van der Waals surface area contributed by atoms with Crippen molar-refractivity contribution in [2.75, 3.05) is 6.54 Å². The molecule has 19 heavy (non-hydrogen) atoms. The van der Waals surface area contributed by atoms with Crippen LogP contribution in [0.3, 0.4) is 0 Å². The number of nitrogens with zero attached hydrogens (tertiary/aromatic N) is 1. The van der Waals surface area contributed by atoms with E-state index in [1.54, 1.807) is 0 Å². The molecule has 1 aliphatic rings. The Hall–Kier alpha value is -0.350. The van der Waals surface area contributed by atoms with Crippen LogP contribution in [0.25, 0.3) is 0 Å². The van der Waals surface area contributed by atoms with Gasteiger partial charge in [0.1, 0.15) is 0 Å². The molecule has 2 nitrogen and oxygen atoms in total. The number of likely N-dealkylation sites (tertiary alicyclic amines) is 1. The first-order chi connectivity index (χ1) is 9.13. The van der Waals surface area contributed by atoms with Gasteiger partial charge in [-0.25, -0.2) is 0 Å². The molecule has 0 N–H and O–H groups in total. The van der Waals surface area contributed by atoms with E-state index in [1.807, 2.05) is 18.2 Å². The number of carbonyl (C=O) groups excluding carboxylic acids is 1. The van der Waals surface area contributed by atoms with E-state index >= 15 is 0 Å². The van der Waals surface area contributed by atoms with Crippen molar-refractivity contribution in [3.8, 4) is 0 Å². The Morgan fingerprint density at radius 1 is 1.32 bits per heavy atom. The minimum Gasteiger partial charge on any atom is -0.336 e. The van der Waals surface area contributed by atoms with E-state index in [9.17, 15) is 4.79 Å². The molecule has 0 aliphatic carbocycles. The van der Waals surface area contributed by atoms with E-state index in [0.717, 1.165) is 40.3 Å². The number of halogens is 2. The van der Waals surface area contributed by atoms with Gasteiger partial charge in [-0.15, -0.1) is 0 Å². The van der Waals surface area contributed by atoms with Crippen LogP contribution in [0.2, 0.25) is 0 Å². The van der Waals surface area contributed by atoms with Gasteiger partial charge in [0.15, 0.2) is 0 Å². The lowest BCUT2D eigenvalue weighted by molar-refractivity contribution is 0.0677. The van der Waals surface area contributed by atoms with Crippen molar-refractivity contribution >= 4 is 37.8 Å². The van der Waals surface area contributed by atoms with Crippen LogP contribution in [0.1, 0.15) is 49.4 Å². The lowest BCUT2D eigenvalue weighted by Gasteiger charge is -2.29. The number of amides is 1. The monoisotopic (exact) mass is 387 g/mol. The summed E-state index contributed by atoms with van der Waals surface area (Å²) in [6.45, 7) is 3.06. The summed E-state index contributed by atoms with van der Waals surface area (Å²) in [6, 6.07) is 6.17. The fourth-order valence-electron chi connectivity index (χ4n) is 2.69. The number of hydrogen-bond donors (Lipinski definition) is 0. The molecule has 1 aromatic rings. The fourth-order valence-corrected chi connectivity index (χ4v) is 3.46. The van der Waals surface area contributed by atoms with Gasteiger partial charge < -0.3 is 4.90 Å². The second kappa shape index (κ2) is 6.89. The zero-order valence-corrected chi connectivity index (χ0v) is 14.3. The first-order valence-corrected chi connectivity index (χ1v) is 8.48. The molecule has 0 radical (unpaired) electrons. The van der Waals surface area contributed by atoms with Gasteiger partial charge in [0.2, 0.25) is 0 Å². The third kappa shape index (κ3) is 3.60. The number of hydrogen-bond acceptors (Lipinski definition) is 1. The molecule has 2 rings (SSSR count). The predicted molar refractivity (Wildman–Crippen MR) is 85.4 cm³/mol. The van der Waals surface area contributed by atoms with Gasteiger partial charge in [-0.3, -0.25) is 4.79 Å². The smallest absolute Gasteiger partial charge is 0.255 e. The van der Waals surface area contributed by atoms with Crippen molar-refractivity contribution in [3.63, 3.8) is 0 Å². The highest BCUT2D eigenvalue weighted by molar-refractivity contribution is 9.11. The Labute approximate surface area is 131 Å². The average molecular weight is 389 g/mol. The molecule has 104 valence electrons. The molecule has 0 bridgehead atoms. The third-order valence-electron chi connectivity index (χ3n) is 3.77. The topological polar surface area (TPSA) is 20.3 Å². The van der Waals surface area contributed by atoms with Gasteiger partial charge >= 0.3 is 0 Å². The van der Waals surface area contributed by atoms with Gasteiger partial charge in [0.25, 0.3) is 5.91 Å². The quantitative estimate of drug-likeness (QED) is 0.697. The lowest BCUT2D eigenvalue weighted by Crippen LogP contribution is -2.39. The summed E-state index contributed by atoms with van der Waals surface area (Å²) in [5.41, 5.74) is 0.759. The molecular weight excluding hydrogens is 370 g/mol. The zero-order chi connectivity index (χ0) is 13.8. The van der Waals surface area contributed by atoms with E-state index < -0.39 is 0 Å². The molecule has 1 heterocycles. The van der Waals surface area contributed by atoms with Crippen molar-refractivity contribution in [2.24, 2.45) is 0 Å². The molecule has 0 spiro atoms. The summed E-state index contributed by atoms with van der Waals surface area (Å²) in [4.78, 5) is 14.8. The fraction of sp³-hybridized carbons (Fsp3) is 0.533. The third-order valence-corrected chi connectivity index (χ3v) is 4.95. The lowest BCUT2D eigenvalue weighted by atomic mass is 10.1. The normalized spacial score (nSPS) is 20.2. The Morgan fingerprint density at radius 3 is 2.84 bits per heavy atom. The Bertz CT molecular complexity index is 461. The van der Waals surface area contributed by atoms with E-state index in [1.165, 1.54) is 12.8 Å². The van der Waals surface area contributed by atoms with Crippen LogP contribution in [0.15, 0.2) is 27.1 Å². The maximum absolute atomic E-state index is 12.8. The number of carbonyl (C=O) groups is 1. The van der Waals surface area contributed by atoms with Gasteiger partial charge in [-0.05, 0) is 53.4 Å². The molecule has 1 atom stereocenters. The highest BCUT2D eigenvalue weighted by Gasteiger charge is 2.26. The van der Waals surface area contributed by atoms with E-state index in [4.69, 9.17) is 0 Å². The van der Waals surface area contributed by atoms with Crippen molar-refractivity contribution in [1.29, 1.82) is 0 Å². The van der Waals surface area contributed by atoms with Crippen molar-refractivity contribution in [3.05, 3.63) is 32.7 Å². The Balaban J connectivity index is 2.27. The van der Waals surface area contributed by atoms with E-state index in [2.05, 4.69) is 43.7 Å². The summed E-state index contributed by atoms with van der Waals surface area (Å²) >= 11 is 6.94. The van der Waals surface area contributed by atoms with Crippen molar-refractivity contribution in [1.82, 2.24) is 4.90 Å². The van der Waals surface area contributed by atoms with Crippen LogP contribution < -0.4 is 0 Å². The molecule has 0 aromatic heterocycles. The van der Waals surface area contributed by atoms with Gasteiger partial charge in [0.05, 0.1) is 5.56 Å². The highest BCUT2D eigenvalue weighted by atomic mass is 79.9. The van der Waals surface area contributed by atoms with Gasteiger partial charge in [-0.2, -0.15) is 0 Å². The molecule has 1 fully saturated rings. The van der Waals surface area contributed by atoms with Crippen LogP contribution in [-0.2, 0) is 0 Å². The minimum absolute atomic E-state index is 0.155. The second-order valence-corrected chi connectivity index (χ2v) is 6.80. The standard InChI is InChI=1S/C15H19Br2NO/c1-2-12-6-4-3-5-9-18(12)15(19)13-10-11(16)7-8-14(13)17/h7-8,10,12H,2-6,9H2,1H3. The SMILES string of the molecule is CCC1CCCCCN1C(=O)c1cc(Br)ccc1Br. The highest BCUT2D eigenvalue weighted by Crippen LogP contribution is 2.26. The molecule has 1 saturated heterocycles. The Kier molecular flexibility index (Phi) is 5.46. The van der Waals surface area contributed by atoms with Crippen LogP contribution in [0.4, 0.5) is 0 Å². The average Bonchev–Trinajstić information content (AvgIpc) is 2.65. The van der Waals surface area contributed by atoms with Crippen molar-refractivity contribution < 1.29 is 4.79 Å². The first kappa shape index (κ1) is 15.0. The molecule has 1 aliphatic heterocycles. The molecule has 0 saturated carbocycles. The molecule has 4 heteroatoms. The minimum atomic E-state index is 0.155. The van der Waals surface area contributed by atoms with Crippen LogP contribution in [0.5, 0.6) is 0 Å². The van der Waals surface area contributed by atoms with E-state index in [0.29, 0.717) is 6.04 Å². The summed E-state index contributed by atoms with van der Waals surface area (Å²) < 4.78 is 1.82. The number of benzene rings is 1. The maximum atomic E-state index is 12.8. The second-order valence-electron chi connectivity index (χ2n) is 5.03. The zero-order valence-electron chi connectivity index (χ0n) is 11.2. The summed E-state index contributed by atoms with van der Waals surface area (Å²) in [6.07, 6.45) is 5.76. The molecule has 1 unspecified atom stereocenters. The molecule has 1 amide bonds. The van der Waals surface area contributed by atoms with Crippen molar-refractivity contribution in [2.45, 2.75) is 45.1 Å². The first-order valence-electron chi connectivity index (χ1n) is 6.89.